The molecule has 1 atom stereocenters. The first-order valence-electron chi connectivity index (χ1n) is 12.8. The predicted molar refractivity (Wildman–Crippen MR) is 149 cm³/mol. The van der Waals surface area contributed by atoms with Gasteiger partial charge in [0.25, 0.3) is 11.7 Å². The summed E-state index contributed by atoms with van der Waals surface area (Å²) in [4.78, 5) is 51.4. The van der Waals surface area contributed by atoms with E-state index in [1.807, 2.05) is 59.2 Å². The van der Waals surface area contributed by atoms with Crippen molar-refractivity contribution >= 4 is 40.6 Å². The van der Waals surface area contributed by atoms with Crippen LogP contribution in [0.1, 0.15) is 16.2 Å². The molecule has 40 heavy (non-hydrogen) atoms. The summed E-state index contributed by atoms with van der Waals surface area (Å²) < 4.78 is 15.0. The Morgan fingerprint density at radius 2 is 1.80 bits per heavy atom. The summed E-state index contributed by atoms with van der Waals surface area (Å²) >= 11 is 0. The Balaban J connectivity index is 1.20. The van der Waals surface area contributed by atoms with Crippen LogP contribution in [-0.2, 0) is 16.6 Å². The molecule has 10 nitrogen and oxygen atoms in total. The Kier molecular flexibility index (Phi) is 6.25. The van der Waals surface area contributed by atoms with Crippen LogP contribution in [0.3, 0.4) is 0 Å². The van der Waals surface area contributed by atoms with Gasteiger partial charge in [-0.05, 0) is 36.8 Å². The van der Waals surface area contributed by atoms with Crippen LogP contribution in [0.25, 0.3) is 11.1 Å². The molecule has 2 aromatic carbocycles. The zero-order valence-electron chi connectivity index (χ0n) is 21.9. The zero-order valence-corrected chi connectivity index (χ0v) is 21.9. The van der Waals surface area contributed by atoms with Crippen molar-refractivity contribution in [3.05, 3.63) is 84.2 Å². The van der Waals surface area contributed by atoms with Gasteiger partial charge >= 0.3 is 0 Å². The molecule has 4 aromatic rings. The van der Waals surface area contributed by atoms with Crippen LogP contribution in [0, 0.1) is 12.7 Å². The molecule has 2 amide bonds. The summed E-state index contributed by atoms with van der Waals surface area (Å²) in [6.07, 6.45) is 2.21. The molecule has 2 aliphatic rings. The molecular formula is C29H26FN7O3. The van der Waals surface area contributed by atoms with Crippen molar-refractivity contribution in [1.82, 2.24) is 14.5 Å². The number of aromatic nitrogens is 3. The topological polar surface area (TPSA) is 112 Å². The molecule has 11 heteroatoms. The number of hydrogen-bond donors (Lipinski definition) is 2. The maximum Gasteiger partial charge on any atom is 0.298 e. The standard InChI is InChI=1S/C29H26FN7O3/c1-17-12-21(18-6-4-3-5-7-18)25(35(17)2)26(38)28(40)33-20-8-9-23-22(13-20)34-27(39)24-16-36(10-11-37(23)24)29-31-14-19(30)15-32-29/h3-9,12-15,24H,10-11,16H2,1-2H3,(H,33,40)(H,34,39). The van der Waals surface area contributed by atoms with E-state index in [4.69, 9.17) is 0 Å². The van der Waals surface area contributed by atoms with Crippen LogP contribution in [0.4, 0.5) is 27.4 Å². The van der Waals surface area contributed by atoms with E-state index in [1.54, 1.807) is 23.7 Å². The summed E-state index contributed by atoms with van der Waals surface area (Å²) in [6, 6.07) is 16.0. The van der Waals surface area contributed by atoms with Crippen LogP contribution in [-0.4, -0.2) is 57.8 Å². The van der Waals surface area contributed by atoms with E-state index in [0.29, 0.717) is 48.2 Å². The minimum atomic E-state index is -0.772. The SMILES string of the molecule is Cc1cc(-c2ccccc2)c(C(=O)C(=O)Nc2ccc3c(c2)NC(=O)C2CN(c4ncc(F)cn4)CCN32)n1C. The summed E-state index contributed by atoms with van der Waals surface area (Å²) in [7, 11) is 1.76. The number of rotatable bonds is 5. The second-order valence-corrected chi connectivity index (χ2v) is 9.83. The number of piperazine rings is 1. The number of Topliss-reactive ketones (excluding diaryl/α,β-unsaturated/α-hetero) is 1. The summed E-state index contributed by atoms with van der Waals surface area (Å²) in [6.45, 7) is 3.28. The number of anilines is 4. The molecule has 0 saturated carbocycles. The van der Waals surface area contributed by atoms with Gasteiger partial charge in [0.1, 0.15) is 11.7 Å². The average Bonchev–Trinajstić information content (AvgIpc) is 3.27. The fourth-order valence-corrected chi connectivity index (χ4v) is 5.27. The number of carbonyl (C=O) groups excluding carboxylic acids is 3. The molecule has 2 N–H and O–H groups in total. The lowest BCUT2D eigenvalue weighted by Crippen LogP contribution is -2.60. The van der Waals surface area contributed by atoms with Crippen LogP contribution in [0.15, 0.2) is 67.0 Å². The molecule has 1 saturated heterocycles. The van der Waals surface area contributed by atoms with Crippen molar-refractivity contribution in [2.24, 2.45) is 7.05 Å². The first-order chi connectivity index (χ1) is 19.3. The third-order valence-corrected chi connectivity index (χ3v) is 7.37. The van der Waals surface area contributed by atoms with E-state index in [0.717, 1.165) is 29.3 Å². The van der Waals surface area contributed by atoms with E-state index >= 15 is 0 Å². The number of carbonyl (C=O) groups is 3. The van der Waals surface area contributed by atoms with Crippen LogP contribution in [0.5, 0.6) is 0 Å². The van der Waals surface area contributed by atoms with Gasteiger partial charge in [0.15, 0.2) is 5.82 Å². The molecule has 0 bridgehead atoms. The third kappa shape index (κ3) is 4.45. The fraction of sp³-hybridized carbons (Fsp3) is 0.207. The minimum absolute atomic E-state index is 0.217. The minimum Gasteiger partial charge on any atom is -0.355 e. The highest BCUT2D eigenvalue weighted by Crippen LogP contribution is 2.36. The zero-order chi connectivity index (χ0) is 28.0. The van der Waals surface area contributed by atoms with Crippen molar-refractivity contribution in [1.29, 1.82) is 0 Å². The lowest BCUT2D eigenvalue weighted by atomic mass is 10.0. The lowest BCUT2D eigenvalue weighted by Gasteiger charge is -2.45. The number of ketones is 1. The van der Waals surface area contributed by atoms with Gasteiger partial charge in [0, 0.05) is 37.1 Å². The molecule has 6 rings (SSSR count). The smallest absolute Gasteiger partial charge is 0.298 e. The maximum absolute atomic E-state index is 13.3. The number of aryl methyl sites for hydroxylation is 1. The summed E-state index contributed by atoms with van der Waals surface area (Å²) in [5.74, 6) is -1.80. The molecule has 2 aliphatic heterocycles. The second kappa shape index (κ2) is 9.92. The molecule has 0 radical (unpaired) electrons. The van der Waals surface area contributed by atoms with E-state index in [9.17, 15) is 18.8 Å². The number of benzene rings is 2. The quantitative estimate of drug-likeness (QED) is 0.295. The largest absolute Gasteiger partial charge is 0.355 e. The van der Waals surface area contributed by atoms with E-state index in [2.05, 4.69) is 20.6 Å². The highest BCUT2D eigenvalue weighted by Gasteiger charge is 2.38. The number of nitrogens with zero attached hydrogens (tertiary/aromatic N) is 5. The molecule has 1 fully saturated rings. The van der Waals surface area contributed by atoms with Gasteiger partial charge < -0.3 is 25.0 Å². The molecule has 0 spiro atoms. The van der Waals surface area contributed by atoms with Gasteiger partial charge in [-0.1, -0.05) is 30.3 Å². The fourth-order valence-electron chi connectivity index (χ4n) is 5.27. The number of hydrogen-bond acceptors (Lipinski definition) is 7. The number of amides is 2. The number of halogens is 1. The normalized spacial score (nSPS) is 16.2. The monoisotopic (exact) mass is 539 g/mol. The molecule has 0 aliphatic carbocycles. The van der Waals surface area contributed by atoms with Crippen molar-refractivity contribution in [3.63, 3.8) is 0 Å². The van der Waals surface area contributed by atoms with Gasteiger partial charge in [-0.25, -0.2) is 14.4 Å². The van der Waals surface area contributed by atoms with Crippen LogP contribution in [0.2, 0.25) is 0 Å². The van der Waals surface area contributed by atoms with Gasteiger partial charge in [0.05, 0.1) is 30.3 Å². The molecular weight excluding hydrogens is 513 g/mol. The van der Waals surface area contributed by atoms with E-state index in [1.165, 1.54) is 0 Å². The Bertz CT molecular complexity index is 1640. The second-order valence-electron chi connectivity index (χ2n) is 9.83. The third-order valence-electron chi connectivity index (χ3n) is 7.37. The highest BCUT2D eigenvalue weighted by atomic mass is 19.1. The van der Waals surface area contributed by atoms with Crippen molar-refractivity contribution in [2.75, 3.05) is 40.1 Å². The lowest BCUT2D eigenvalue weighted by molar-refractivity contribution is -0.117. The number of fused-ring (bicyclic) bond motifs is 3. The molecule has 1 unspecified atom stereocenters. The van der Waals surface area contributed by atoms with E-state index in [-0.39, 0.29) is 5.91 Å². The van der Waals surface area contributed by atoms with E-state index < -0.39 is 23.5 Å². The van der Waals surface area contributed by atoms with Crippen molar-refractivity contribution in [2.45, 2.75) is 13.0 Å². The van der Waals surface area contributed by atoms with Gasteiger partial charge in [-0.2, -0.15) is 0 Å². The maximum atomic E-state index is 13.3. The first kappa shape index (κ1) is 25.2. The highest BCUT2D eigenvalue weighted by molar-refractivity contribution is 6.47. The first-order valence-corrected chi connectivity index (χ1v) is 12.8. The molecule has 2 aromatic heterocycles. The predicted octanol–water partition coefficient (Wildman–Crippen LogP) is 3.40. The average molecular weight is 540 g/mol. The van der Waals surface area contributed by atoms with Gasteiger partial charge in [0.2, 0.25) is 11.9 Å². The van der Waals surface area contributed by atoms with Crippen molar-refractivity contribution < 1.29 is 18.8 Å². The Morgan fingerprint density at radius 1 is 1.05 bits per heavy atom. The van der Waals surface area contributed by atoms with Crippen LogP contribution >= 0.6 is 0 Å². The van der Waals surface area contributed by atoms with Crippen molar-refractivity contribution in [3.8, 4) is 11.1 Å². The number of nitrogens with one attached hydrogen (secondary N) is 2. The Labute approximate surface area is 229 Å². The Hall–Kier alpha value is -5.06. The Morgan fingerprint density at radius 3 is 2.55 bits per heavy atom. The van der Waals surface area contributed by atoms with Gasteiger partial charge in [-0.15, -0.1) is 0 Å². The van der Waals surface area contributed by atoms with Gasteiger partial charge in [-0.3, -0.25) is 14.4 Å². The molecule has 202 valence electrons. The van der Waals surface area contributed by atoms with Crippen LogP contribution < -0.4 is 20.4 Å². The summed E-state index contributed by atoms with van der Waals surface area (Å²) in [5.41, 5.74) is 4.43. The molecule has 4 heterocycles. The summed E-state index contributed by atoms with van der Waals surface area (Å²) in [5, 5.41) is 5.61.